The van der Waals surface area contributed by atoms with E-state index in [4.69, 9.17) is 9.72 Å². The second-order valence-corrected chi connectivity index (χ2v) is 9.08. The van der Waals surface area contributed by atoms with Gasteiger partial charge in [-0.15, -0.1) is 0 Å². The minimum Gasteiger partial charge on any atom is -0.481 e. The van der Waals surface area contributed by atoms with E-state index in [9.17, 15) is 0 Å². The monoisotopic (exact) mass is 446 g/mol. The van der Waals surface area contributed by atoms with Crippen LogP contribution >= 0.6 is 0 Å². The van der Waals surface area contributed by atoms with Crippen molar-refractivity contribution in [3.8, 4) is 17.0 Å². The van der Waals surface area contributed by atoms with Crippen LogP contribution in [0.25, 0.3) is 32.8 Å². The molecule has 5 aromatic rings. The Morgan fingerprint density at radius 2 is 1.56 bits per heavy atom. The fraction of sp³-hybridized carbons (Fsp3) is 0.194. The first-order valence-corrected chi connectivity index (χ1v) is 11.8. The third kappa shape index (κ3) is 4.40. The van der Waals surface area contributed by atoms with E-state index in [-0.39, 0.29) is 5.92 Å². The van der Waals surface area contributed by atoms with Crippen molar-refractivity contribution in [2.45, 2.75) is 12.3 Å². The van der Waals surface area contributed by atoms with E-state index in [1.165, 1.54) is 27.3 Å². The number of ether oxygens (including phenoxy) is 1. The normalized spacial score (nSPS) is 12.4. The van der Waals surface area contributed by atoms with Crippen LogP contribution in [0.1, 0.15) is 23.5 Å². The molecule has 0 aliphatic carbocycles. The average molecular weight is 447 g/mol. The third-order valence-corrected chi connectivity index (χ3v) is 6.55. The van der Waals surface area contributed by atoms with Crippen molar-refractivity contribution in [1.29, 1.82) is 0 Å². The lowest BCUT2D eigenvalue weighted by Gasteiger charge is -2.23. The summed E-state index contributed by atoms with van der Waals surface area (Å²) in [6.45, 7) is 1.00. The van der Waals surface area contributed by atoms with E-state index in [2.05, 4.69) is 110 Å². The number of pyridine rings is 1. The zero-order valence-corrected chi connectivity index (χ0v) is 20.0. The van der Waals surface area contributed by atoms with Crippen LogP contribution in [0.4, 0.5) is 0 Å². The summed E-state index contributed by atoms with van der Waals surface area (Å²) < 4.78 is 5.70. The average Bonchev–Trinajstić information content (AvgIpc) is 2.88. The number of nitrogens with zero attached hydrogens (tertiary/aromatic N) is 2. The zero-order chi connectivity index (χ0) is 23.5. The fourth-order valence-corrected chi connectivity index (χ4v) is 4.80. The van der Waals surface area contributed by atoms with Crippen LogP contribution in [0.15, 0.2) is 97.1 Å². The van der Waals surface area contributed by atoms with Gasteiger partial charge in [0.1, 0.15) is 0 Å². The van der Waals surface area contributed by atoms with Gasteiger partial charge in [0.15, 0.2) is 0 Å². The topological polar surface area (TPSA) is 25.4 Å². The maximum atomic E-state index is 5.70. The highest BCUT2D eigenvalue weighted by molar-refractivity contribution is 5.90. The molecule has 0 radical (unpaired) electrons. The zero-order valence-electron chi connectivity index (χ0n) is 20.0. The summed E-state index contributed by atoms with van der Waals surface area (Å²) in [6, 6.07) is 34.6. The third-order valence-electron chi connectivity index (χ3n) is 6.55. The number of fused-ring (bicyclic) bond motifs is 2. The summed E-state index contributed by atoms with van der Waals surface area (Å²) in [5, 5.41) is 3.73. The maximum Gasteiger partial charge on any atom is 0.221 e. The van der Waals surface area contributed by atoms with Gasteiger partial charge in [-0.25, -0.2) is 4.98 Å². The van der Waals surface area contributed by atoms with E-state index in [1.54, 1.807) is 7.11 Å². The molecular formula is C31H30N2O. The Bertz CT molecular complexity index is 1430. The molecule has 34 heavy (non-hydrogen) atoms. The minimum absolute atomic E-state index is 0.259. The van der Waals surface area contributed by atoms with Crippen LogP contribution in [-0.4, -0.2) is 37.6 Å². The molecule has 0 spiro atoms. The first kappa shape index (κ1) is 22.1. The summed E-state index contributed by atoms with van der Waals surface area (Å²) in [6.07, 6.45) is 1.02. The van der Waals surface area contributed by atoms with Crippen molar-refractivity contribution in [3.63, 3.8) is 0 Å². The number of hydrogen-bond donors (Lipinski definition) is 0. The van der Waals surface area contributed by atoms with Crippen LogP contribution in [0.5, 0.6) is 5.88 Å². The van der Waals surface area contributed by atoms with Crippen LogP contribution in [0, 0.1) is 0 Å². The molecule has 4 aromatic carbocycles. The number of rotatable bonds is 7. The largest absolute Gasteiger partial charge is 0.481 e. The van der Waals surface area contributed by atoms with Gasteiger partial charge in [0.25, 0.3) is 0 Å². The maximum absolute atomic E-state index is 5.70. The van der Waals surface area contributed by atoms with E-state index in [0.29, 0.717) is 5.88 Å². The molecule has 0 aliphatic rings. The van der Waals surface area contributed by atoms with Crippen LogP contribution in [-0.2, 0) is 0 Å². The SMILES string of the molecule is COc1nc2cccc(C(CCN(C)C)c3ccc4ccccc4c3)c2cc1-c1ccccc1. The molecule has 0 aliphatic heterocycles. The van der Waals surface area contributed by atoms with Crippen LogP contribution < -0.4 is 4.74 Å². The van der Waals surface area contributed by atoms with Gasteiger partial charge in [-0.3, -0.25) is 0 Å². The molecular weight excluding hydrogens is 416 g/mol. The molecule has 1 heterocycles. The Kier molecular flexibility index (Phi) is 6.29. The Hall–Kier alpha value is -3.69. The lowest BCUT2D eigenvalue weighted by atomic mass is 9.85. The summed E-state index contributed by atoms with van der Waals surface area (Å²) in [7, 11) is 5.97. The highest BCUT2D eigenvalue weighted by Gasteiger charge is 2.20. The predicted molar refractivity (Wildman–Crippen MR) is 143 cm³/mol. The van der Waals surface area contributed by atoms with Crippen molar-refractivity contribution in [3.05, 3.63) is 108 Å². The molecule has 0 N–H and O–H groups in total. The van der Waals surface area contributed by atoms with E-state index < -0.39 is 0 Å². The minimum atomic E-state index is 0.259. The molecule has 0 fully saturated rings. The highest BCUT2D eigenvalue weighted by atomic mass is 16.5. The van der Waals surface area contributed by atoms with Crippen molar-refractivity contribution in [1.82, 2.24) is 9.88 Å². The molecule has 3 heteroatoms. The van der Waals surface area contributed by atoms with Gasteiger partial charge >= 0.3 is 0 Å². The van der Waals surface area contributed by atoms with Gasteiger partial charge in [-0.05, 0) is 66.7 Å². The van der Waals surface area contributed by atoms with Crippen molar-refractivity contribution in [2.75, 3.05) is 27.7 Å². The van der Waals surface area contributed by atoms with Gasteiger partial charge in [-0.1, -0.05) is 84.9 Å². The molecule has 1 atom stereocenters. The van der Waals surface area contributed by atoms with Crippen molar-refractivity contribution < 1.29 is 4.74 Å². The summed E-state index contributed by atoms with van der Waals surface area (Å²) >= 11 is 0. The lowest BCUT2D eigenvalue weighted by Crippen LogP contribution is -2.17. The first-order valence-electron chi connectivity index (χ1n) is 11.8. The second kappa shape index (κ2) is 9.66. The van der Waals surface area contributed by atoms with Crippen LogP contribution in [0.3, 0.4) is 0 Å². The van der Waals surface area contributed by atoms with Crippen LogP contribution in [0.2, 0.25) is 0 Å². The molecule has 170 valence electrons. The smallest absolute Gasteiger partial charge is 0.221 e. The Morgan fingerprint density at radius 3 is 2.32 bits per heavy atom. The van der Waals surface area contributed by atoms with E-state index in [1.807, 2.05) is 6.07 Å². The summed E-state index contributed by atoms with van der Waals surface area (Å²) in [5.74, 6) is 0.918. The van der Waals surface area contributed by atoms with Crippen molar-refractivity contribution >= 4 is 21.7 Å². The summed E-state index contributed by atoms with van der Waals surface area (Å²) in [4.78, 5) is 7.18. The Balaban J connectivity index is 1.70. The number of aromatic nitrogens is 1. The van der Waals surface area contributed by atoms with Gasteiger partial charge in [0, 0.05) is 16.9 Å². The Morgan fingerprint density at radius 1 is 0.794 bits per heavy atom. The standard InChI is InChI=1S/C31H30N2O/c1-33(2)19-18-26(25-17-16-22-10-7-8-13-24(22)20-25)27-14-9-15-30-29(27)21-28(31(32-30)34-3)23-11-5-4-6-12-23/h4-17,20-21,26H,18-19H2,1-3H3. The molecule has 0 saturated carbocycles. The molecule has 0 amide bonds. The summed E-state index contributed by atoms with van der Waals surface area (Å²) in [5.41, 5.74) is 5.74. The number of methoxy groups -OCH3 is 1. The Labute approximate surface area is 201 Å². The molecule has 0 saturated heterocycles. The van der Waals surface area contributed by atoms with Gasteiger partial charge in [0.2, 0.25) is 5.88 Å². The number of benzene rings is 4. The van der Waals surface area contributed by atoms with Gasteiger partial charge in [-0.2, -0.15) is 0 Å². The second-order valence-electron chi connectivity index (χ2n) is 9.08. The molecule has 3 nitrogen and oxygen atoms in total. The van der Waals surface area contributed by atoms with E-state index >= 15 is 0 Å². The first-order chi connectivity index (χ1) is 16.6. The quantitative estimate of drug-likeness (QED) is 0.265. The molecule has 0 bridgehead atoms. The highest BCUT2D eigenvalue weighted by Crippen LogP contribution is 2.38. The molecule has 5 rings (SSSR count). The molecule has 1 unspecified atom stereocenters. The number of hydrogen-bond acceptors (Lipinski definition) is 3. The predicted octanol–water partition coefficient (Wildman–Crippen LogP) is 7.15. The van der Waals surface area contributed by atoms with Gasteiger partial charge in [0.05, 0.1) is 12.6 Å². The van der Waals surface area contributed by atoms with Gasteiger partial charge < -0.3 is 9.64 Å². The molecule has 1 aromatic heterocycles. The van der Waals surface area contributed by atoms with E-state index in [0.717, 1.165) is 29.6 Å². The van der Waals surface area contributed by atoms with Crippen molar-refractivity contribution in [2.24, 2.45) is 0 Å². The fourth-order valence-electron chi connectivity index (χ4n) is 4.80. The lowest BCUT2D eigenvalue weighted by molar-refractivity contribution is 0.391.